The van der Waals surface area contributed by atoms with Crippen molar-refractivity contribution in [3.8, 4) is 5.75 Å². The Bertz CT molecular complexity index is 501. The minimum Gasteiger partial charge on any atom is -0.493 e. The molecule has 0 spiro atoms. The van der Waals surface area contributed by atoms with Gasteiger partial charge in [0.05, 0.1) is 12.2 Å². The Labute approximate surface area is 129 Å². The number of fused-ring (bicyclic) bond motifs is 1. The van der Waals surface area contributed by atoms with E-state index < -0.39 is 0 Å². The third-order valence-corrected chi connectivity index (χ3v) is 4.56. The number of rotatable bonds is 3. The average Bonchev–Trinajstić information content (AvgIpc) is 2.82. The highest BCUT2D eigenvalue weighted by atomic mass is 79.9. The number of hydrogen-bond acceptors (Lipinski definition) is 3. The molecule has 0 aromatic heterocycles. The van der Waals surface area contributed by atoms with E-state index in [9.17, 15) is 0 Å². The fraction of sp³-hybridized carbons (Fsp3) is 0.625. The average molecular weight is 340 g/mol. The van der Waals surface area contributed by atoms with Gasteiger partial charge in [0.15, 0.2) is 0 Å². The maximum absolute atomic E-state index is 5.78. The molecule has 1 unspecified atom stereocenters. The molecule has 20 heavy (non-hydrogen) atoms. The number of nitrogens with one attached hydrogen (secondary N) is 1. The molecule has 0 saturated carbocycles. The molecular formula is C16H22BrNO2. The molecule has 0 radical (unpaired) electrons. The van der Waals surface area contributed by atoms with Crippen molar-refractivity contribution >= 4 is 15.9 Å². The number of hydrogen-bond donors (Lipinski definition) is 1. The maximum atomic E-state index is 5.78. The first-order chi connectivity index (χ1) is 9.53. The van der Waals surface area contributed by atoms with E-state index in [4.69, 9.17) is 9.47 Å². The standard InChI is InChI=1S/C16H22BrNO2/c1-16(2)9-14(4-6-20-16)18-10-12-8-13(17)7-11-3-5-19-15(11)12/h7-8,14,18H,3-6,9-10H2,1-2H3. The summed E-state index contributed by atoms with van der Waals surface area (Å²) >= 11 is 3.60. The van der Waals surface area contributed by atoms with Crippen LogP contribution in [0.25, 0.3) is 0 Å². The van der Waals surface area contributed by atoms with Crippen LogP contribution in [0.2, 0.25) is 0 Å². The van der Waals surface area contributed by atoms with Crippen LogP contribution in [-0.2, 0) is 17.7 Å². The number of ether oxygens (including phenoxy) is 2. The van der Waals surface area contributed by atoms with Crippen molar-refractivity contribution < 1.29 is 9.47 Å². The maximum Gasteiger partial charge on any atom is 0.127 e. The molecule has 1 aromatic carbocycles. The minimum atomic E-state index is -0.00830. The van der Waals surface area contributed by atoms with Gasteiger partial charge in [-0.05, 0) is 44.4 Å². The summed E-state index contributed by atoms with van der Waals surface area (Å²) in [6.07, 6.45) is 3.16. The van der Waals surface area contributed by atoms with Crippen molar-refractivity contribution in [1.82, 2.24) is 5.32 Å². The lowest BCUT2D eigenvalue weighted by atomic mass is 9.94. The van der Waals surface area contributed by atoms with Gasteiger partial charge in [0.25, 0.3) is 0 Å². The molecule has 110 valence electrons. The summed E-state index contributed by atoms with van der Waals surface area (Å²) < 4.78 is 12.7. The van der Waals surface area contributed by atoms with Crippen LogP contribution in [-0.4, -0.2) is 24.9 Å². The van der Waals surface area contributed by atoms with Gasteiger partial charge in [-0.3, -0.25) is 0 Å². The van der Waals surface area contributed by atoms with Gasteiger partial charge >= 0.3 is 0 Å². The molecule has 0 bridgehead atoms. The Balaban J connectivity index is 1.67. The predicted molar refractivity (Wildman–Crippen MR) is 83.2 cm³/mol. The van der Waals surface area contributed by atoms with E-state index >= 15 is 0 Å². The summed E-state index contributed by atoms with van der Waals surface area (Å²) in [7, 11) is 0. The van der Waals surface area contributed by atoms with E-state index in [1.807, 2.05) is 0 Å². The SMILES string of the molecule is CC1(C)CC(NCc2cc(Br)cc3c2OCC3)CCO1. The molecule has 1 fully saturated rings. The quantitative estimate of drug-likeness (QED) is 0.915. The fourth-order valence-electron chi connectivity index (χ4n) is 3.14. The molecule has 2 aliphatic heterocycles. The van der Waals surface area contributed by atoms with E-state index in [2.05, 4.69) is 47.2 Å². The topological polar surface area (TPSA) is 30.5 Å². The molecule has 1 saturated heterocycles. The van der Waals surface area contributed by atoms with Gasteiger partial charge in [-0.1, -0.05) is 15.9 Å². The van der Waals surface area contributed by atoms with Gasteiger partial charge in [-0.15, -0.1) is 0 Å². The Morgan fingerprint density at radius 2 is 2.20 bits per heavy atom. The monoisotopic (exact) mass is 339 g/mol. The first kappa shape index (κ1) is 14.4. The summed E-state index contributed by atoms with van der Waals surface area (Å²) in [6, 6.07) is 4.86. The van der Waals surface area contributed by atoms with E-state index in [0.29, 0.717) is 6.04 Å². The largest absolute Gasteiger partial charge is 0.493 e. The Hall–Kier alpha value is -0.580. The molecule has 3 nitrogen and oxygen atoms in total. The van der Waals surface area contributed by atoms with Crippen LogP contribution < -0.4 is 10.1 Å². The van der Waals surface area contributed by atoms with E-state index in [1.165, 1.54) is 11.1 Å². The molecule has 0 aliphatic carbocycles. The zero-order valence-electron chi connectivity index (χ0n) is 12.2. The first-order valence-corrected chi connectivity index (χ1v) is 8.14. The number of benzene rings is 1. The van der Waals surface area contributed by atoms with Crippen molar-refractivity contribution in [3.63, 3.8) is 0 Å². The van der Waals surface area contributed by atoms with Crippen molar-refractivity contribution in [3.05, 3.63) is 27.7 Å². The third-order valence-electron chi connectivity index (χ3n) is 4.10. The molecule has 4 heteroatoms. The third kappa shape index (κ3) is 3.18. The zero-order valence-corrected chi connectivity index (χ0v) is 13.8. The van der Waals surface area contributed by atoms with Crippen LogP contribution in [0.15, 0.2) is 16.6 Å². The fourth-order valence-corrected chi connectivity index (χ4v) is 3.69. The van der Waals surface area contributed by atoms with Crippen molar-refractivity contribution in [1.29, 1.82) is 0 Å². The van der Waals surface area contributed by atoms with Gasteiger partial charge in [-0.2, -0.15) is 0 Å². The molecule has 1 N–H and O–H groups in total. The Morgan fingerprint density at radius 3 is 3.00 bits per heavy atom. The molecule has 1 aromatic rings. The van der Waals surface area contributed by atoms with Crippen LogP contribution in [0.4, 0.5) is 0 Å². The minimum absolute atomic E-state index is 0.00830. The lowest BCUT2D eigenvalue weighted by molar-refractivity contribution is -0.0630. The van der Waals surface area contributed by atoms with Gasteiger partial charge in [-0.25, -0.2) is 0 Å². The summed E-state index contributed by atoms with van der Waals surface area (Å²) in [4.78, 5) is 0. The lowest BCUT2D eigenvalue weighted by Gasteiger charge is -2.36. The van der Waals surface area contributed by atoms with Crippen molar-refractivity contribution in [2.45, 2.75) is 51.3 Å². The van der Waals surface area contributed by atoms with Crippen LogP contribution in [0.1, 0.15) is 37.8 Å². The highest BCUT2D eigenvalue weighted by Crippen LogP contribution is 2.33. The summed E-state index contributed by atoms with van der Waals surface area (Å²) in [5.74, 6) is 1.09. The molecule has 1 atom stereocenters. The number of halogens is 1. The Morgan fingerprint density at radius 1 is 1.35 bits per heavy atom. The van der Waals surface area contributed by atoms with Crippen LogP contribution in [0.5, 0.6) is 5.75 Å². The van der Waals surface area contributed by atoms with Gasteiger partial charge < -0.3 is 14.8 Å². The van der Waals surface area contributed by atoms with Gasteiger partial charge in [0.1, 0.15) is 5.75 Å². The van der Waals surface area contributed by atoms with Crippen molar-refractivity contribution in [2.24, 2.45) is 0 Å². The van der Waals surface area contributed by atoms with Crippen LogP contribution >= 0.6 is 15.9 Å². The van der Waals surface area contributed by atoms with Crippen LogP contribution in [0, 0.1) is 0 Å². The van der Waals surface area contributed by atoms with Crippen LogP contribution in [0.3, 0.4) is 0 Å². The molecule has 3 rings (SSSR count). The second kappa shape index (κ2) is 5.66. The second-order valence-corrected chi connectivity index (χ2v) is 7.25. The molecule has 2 heterocycles. The summed E-state index contributed by atoms with van der Waals surface area (Å²) in [6.45, 7) is 6.85. The normalized spacial score (nSPS) is 24.2. The molecule has 0 amide bonds. The van der Waals surface area contributed by atoms with E-state index in [1.54, 1.807) is 0 Å². The first-order valence-electron chi connectivity index (χ1n) is 7.35. The zero-order chi connectivity index (χ0) is 14.2. The predicted octanol–water partition coefficient (Wildman–Crippen LogP) is 3.43. The van der Waals surface area contributed by atoms with Gasteiger partial charge in [0.2, 0.25) is 0 Å². The van der Waals surface area contributed by atoms with Crippen molar-refractivity contribution in [2.75, 3.05) is 13.2 Å². The molecular weight excluding hydrogens is 318 g/mol. The lowest BCUT2D eigenvalue weighted by Crippen LogP contribution is -2.43. The summed E-state index contributed by atoms with van der Waals surface area (Å²) in [5.41, 5.74) is 2.57. The highest BCUT2D eigenvalue weighted by Gasteiger charge is 2.28. The van der Waals surface area contributed by atoms with Gasteiger partial charge in [0, 0.05) is 35.7 Å². The second-order valence-electron chi connectivity index (χ2n) is 6.33. The molecule has 2 aliphatic rings. The van der Waals surface area contributed by atoms with E-state index in [0.717, 1.165) is 49.2 Å². The Kier molecular flexibility index (Phi) is 4.07. The summed E-state index contributed by atoms with van der Waals surface area (Å²) in [5, 5.41) is 3.67. The smallest absolute Gasteiger partial charge is 0.127 e. The van der Waals surface area contributed by atoms with E-state index in [-0.39, 0.29) is 5.60 Å². The highest BCUT2D eigenvalue weighted by molar-refractivity contribution is 9.10.